The highest BCUT2D eigenvalue weighted by Crippen LogP contribution is 2.13. The molecule has 1 unspecified atom stereocenters. The van der Waals surface area contributed by atoms with Crippen LogP contribution in [0.3, 0.4) is 0 Å². The molecule has 0 radical (unpaired) electrons. The predicted octanol–water partition coefficient (Wildman–Crippen LogP) is 2.61. The lowest BCUT2D eigenvalue weighted by molar-refractivity contribution is -0.186. The molecule has 1 aromatic carbocycles. The molecule has 1 aliphatic heterocycles. The van der Waals surface area contributed by atoms with E-state index in [-0.39, 0.29) is 12.2 Å². The minimum Gasteiger partial charge on any atom is -0.350 e. The molecule has 1 aromatic rings. The molecule has 0 saturated carbocycles. The van der Waals surface area contributed by atoms with Gasteiger partial charge in [-0.3, -0.25) is 4.79 Å². The van der Waals surface area contributed by atoms with Crippen molar-refractivity contribution in [3.63, 3.8) is 0 Å². The van der Waals surface area contributed by atoms with Gasteiger partial charge in [-0.2, -0.15) is 0 Å². The Balaban J connectivity index is 1.82. The molecule has 1 fully saturated rings. The van der Waals surface area contributed by atoms with E-state index in [9.17, 15) is 4.79 Å². The zero-order chi connectivity index (χ0) is 12.8. The number of hydrogen-bond acceptors (Lipinski definition) is 3. The van der Waals surface area contributed by atoms with Crippen LogP contribution in [0, 0.1) is 0 Å². The van der Waals surface area contributed by atoms with Crippen molar-refractivity contribution >= 4 is 17.5 Å². The average molecular weight is 270 g/mol. The molecular formula is C13H16ClNO3. The van der Waals surface area contributed by atoms with E-state index in [0.29, 0.717) is 18.1 Å². The minimum atomic E-state index is -0.329. The van der Waals surface area contributed by atoms with Gasteiger partial charge in [-0.05, 0) is 30.5 Å². The van der Waals surface area contributed by atoms with Gasteiger partial charge in [0.05, 0.1) is 0 Å². The normalized spacial score (nSPS) is 19.5. The van der Waals surface area contributed by atoms with Gasteiger partial charge in [0.25, 0.3) is 5.91 Å². The van der Waals surface area contributed by atoms with E-state index in [4.69, 9.17) is 21.2 Å². The Morgan fingerprint density at radius 1 is 1.39 bits per heavy atom. The summed E-state index contributed by atoms with van der Waals surface area (Å²) in [6.07, 6.45) is 2.59. The number of ether oxygens (including phenoxy) is 1. The van der Waals surface area contributed by atoms with Crippen LogP contribution >= 0.6 is 11.6 Å². The van der Waals surface area contributed by atoms with E-state index in [1.54, 1.807) is 12.1 Å². The van der Waals surface area contributed by atoms with Crippen molar-refractivity contribution < 1.29 is 14.4 Å². The SMILES string of the molecule is O=C(NOC1CCCCO1)c1ccc(CCl)cc1. The number of hydrogen-bond donors (Lipinski definition) is 1. The maximum absolute atomic E-state index is 11.8. The average Bonchev–Trinajstić information content (AvgIpc) is 2.46. The fraction of sp³-hybridized carbons (Fsp3) is 0.462. The Kier molecular flexibility index (Phi) is 4.99. The molecule has 1 atom stereocenters. The van der Waals surface area contributed by atoms with Crippen LogP contribution in [-0.4, -0.2) is 18.8 Å². The molecule has 1 saturated heterocycles. The van der Waals surface area contributed by atoms with E-state index in [0.717, 1.165) is 24.8 Å². The van der Waals surface area contributed by atoms with Crippen molar-refractivity contribution in [3.8, 4) is 0 Å². The molecule has 0 aromatic heterocycles. The maximum Gasteiger partial charge on any atom is 0.274 e. The lowest BCUT2D eigenvalue weighted by Gasteiger charge is -2.22. The largest absolute Gasteiger partial charge is 0.350 e. The summed E-state index contributed by atoms with van der Waals surface area (Å²) in [7, 11) is 0. The van der Waals surface area contributed by atoms with Gasteiger partial charge in [0.15, 0.2) is 6.29 Å². The van der Waals surface area contributed by atoms with Crippen LogP contribution in [-0.2, 0) is 15.5 Å². The lowest BCUT2D eigenvalue weighted by atomic mass is 10.1. The molecule has 2 rings (SSSR count). The third kappa shape index (κ3) is 3.70. The van der Waals surface area contributed by atoms with Gasteiger partial charge in [-0.25, -0.2) is 10.3 Å². The van der Waals surface area contributed by atoms with Crippen molar-refractivity contribution in [1.29, 1.82) is 0 Å². The first-order valence-corrected chi connectivity index (χ1v) is 6.55. The summed E-state index contributed by atoms with van der Waals surface area (Å²) in [6.45, 7) is 0.685. The van der Waals surface area contributed by atoms with Crippen LogP contribution in [0.5, 0.6) is 0 Å². The highest BCUT2D eigenvalue weighted by atomic mass is 35.5. The van der Waals surface area contributed by atoms with Crippen molar-refractivity contribution in [2.45, 2.75) is 31.4 Å². The van der Waals surface area contributed by atoms with E-state index >= 15 is 0 Å². The topological polar surface area (TPSA) is 47.6 Å². The molecule has 4 nitrogen and oxygen atoms in total. The van der Waals surface area contributed by atoms with E-state index in [1.807, 2.05) is 12.1 Å². The highest BCUT2D eigenvalue weighted by molar-refractivity contribution is 6.17. The summed E-state index contributed by atoms with van der Waals surface area (Å²) in [4.78, 5) is 17.0. The van der Waals surface area contributed by atoms with Gasteiger partial charge in [0.1, 0.15) is 0 Å². The fourth-order valence-electron chi connectivity index (χ4n) is 1.73. The minimum absolute atomic E-state index is 0.273. The molecule has 18 heavy (non-hydrogen) atoms. The summed E-state index contributed by atoms with van der Waals surface area (Å²) in [5.74, 6) is 0.166. The van der Waals surface area contributed by atoms with Crippen LogP contribution in [0.2, 0.25) is 0 Å². The van der Waals surface area contributed by atoms with Crippen LogP contribution < -0.4 is 5.48 Å². The number of rotatable bonds is 4. The summed E-state index contributed by atoms with van der Waals surface area (Å²) in [5.41, 5.74) is 3.93. The number of alkyl halides is 1. The first kappa shape index (κ1) is 13.3. The second-order valence-electron chi connectivity index (χ2n) is 4.18. The van der Waals surface area contributed by atoms with Crippen LogP contribution in [0.1, 0.15) is 35.2 Å². The Labute approximate surface area is 111 Å². The summed E-state index contributed by atoms with van der Waals surface area (Å²) < 4.78 is 5.35. The van der Waals surface area contributed by atoms with Gasteiger partial charge in [-0.15, -0.1) is 11.6 Å². The number of hydroxylamine groups is 1. The van der Waals surface area contributed by atoms with Crippen LogP contribution in [0.4, 0.5) is 0 Å². The van der Waals surface area contributed by atoms with Gasteiger partial charge < -0.3 is 4.74 Å². The molecule has 0 aliphatic carbocycles. The van der Waals surface area contributed by atoms with Crippen LogP contribution in [0.15, 0.2) is 24.3 Å². The van der Waals surface area contributed by atoms with Gasteiger partial charge >= 0.3 is 0 Å². The van der Waals surface area contributed by atoms with Gasteiger partial charge in [0, 0.05) is 24.5 Å². The second kappa shape index (κ2) is 6.73. The zero-order valence-electron chi connectivity index (χ0n) is 10.0. The standard InChI is InChI=1S/C13H16ClNO3/c14-9-10-4-6-11(7-5-10)13(16)15-18-12-3-1-2-8-17-12/h4-7,12H,1-3,8-9H2,(H,15,16). The highest BCUT2D eigenvalue weighted by Gasteiger charge is 2.16. The third-order valence-electron chi connectivity index (χ3n) is 2.79. The summed E-state index contributed by atoms with van der Waals surface area (Å²) in [6, 6.07) is 7.08. The number of carbonyl (C=O) groups excluding carboxylic acids is 1. The quantitative estimate of drug-likeness (QED) is 0.675. The number of amides is 1. The number of carbonyl (C=O) groups is 1. The first-order valence-electron chi connectivity index (χ1n) is 6.02. The Morgan fingerprint density at radius 3 is 2.78 bits per heavy atom. The van der Waals surface area contributed by atoms with Gasteiger partial charge in [-0.1, -0.05) is 12.1 Å². The molecule has 0 bridgehead atoms. The second-order valence-corrected chi connectivity index (χ2v) is 4.44. The number of benzene rings is 1. The number of halogens is 1. The molecule has 5 heteroatoms. The predicted molar refractivity (Wildman–Crippen MR) is 68.1 cm³/mol. The first-order chi connectivity index (χ1) is 8.79. The Hall–Kier alpha value is -1.10. The van der Waals surface area contributed by atoms with E-state index in [2.05, 4.69) is 5.48 Å². The fourth-order valence-corrected chi connectivity index (χ4v) is 1.91. The zero-order valence-corrected chi connectivity index (χ0v) is 10.8. The summed E-state index contributed by atoms with van der Waals surface area (Å²) in [5, 5.41) is 0. The molecule has 1 aliphatic rings. The molecule has 1 heterocycles. The Bertz CT molecular complexity index is 388. The van der Waals surface area contributed by atoms with Gasteiger partial charge in [0.2, 0.25) is 0 Å². The third-order valence-corrected chi connectivity index (χ3v) is 3.10. The van der Waals surface area contributed by atoms with Crippen molar-refractivity contribution in [2.24, 2.45) is 0 Å². The number of nitrogens with one attached hydrogen (secondary N) is 1. The van der Waals surface area contributed by atoms with E-state index < -0.39 is 0 Å². The molecule has 1 N–H and O–H groups in total. The Morgan fingerprint density at radius 2 is 2.17 bits per heavy atom. The van der Waals surface area contributed by atoms with Crippen LogP contribution in [0.25, 0.3) is 0 Å². The van der Waals surface area contributed by atoms with Crippen molar-refractivity contribution in [2.75, 3.05) is 6.61 Å². The molecule has 98 valence electrons. The monoisotopic (exact) mass is 269 g/mol. The lowest BCUT2D eigenvalue weighted by Crippen LogP contribution is -2.33. The molecular weight excluding hydrogens is 254 g/mol. The smallest absolute Gasteiger partial charge is 0.274 e. The maximum atomic E-state index is 11.8. The summed E-state index contributed by atoms with van der Waals surface area (Å²) >= 11 is 5.68. The van der Waals surface area contributed by atoms with Crippen molar-refractivity contribution in [1.82, 2.24) is 5.48 Å². The molecule has 1 amide bonds. The van der Waals surface area contributed by atoms with Crippen molar-refractivity contribution in [3.05, 3.63) is 35.4 Å². The molecule has 0 spiro atoms. The van der Waals surface area contributed by atoms with E-state index in [1.165, 1.54) is 0 Å².